The summed E-state index contributed by atoms with van der Waals surface area (Å²) in [4.78, 5) is 16.4. The van der Waals surface area contributed by atoms with Gasteiger partial charge in [0.05, 0.1) is 12.0 Å². The average Bonchev–Trinajstić information content (AvgIpc) is 2.96. The molecule has 1 aliphatic rings. The molecular weight excluding hydrogens is 309 g/mol. The number of amides is 1. The van der Waals surface area contributed by atoms with Crippen LogP contribution in [0.3, 0.4) is 0 Å². The summed E-state index contributed by atoms with van der Waals surface area (Å²) in [5, 5.41) is 2.78. The summed E-state index contributed by atoms with van der Waals surface area (Å²) in [5.41, 5.74) is 0.854. The molecule has 0 bridgehead atoms. The molecule has 2 heterocycles. The summed E-state index contributed by atoms with van der Waals surface area (Å²) in [6.07, 6.45) is 5.68. The van der Waals surface area contributed by atoms with E-state index in [0.717, 1.165) is 12.2 Å². The molecule has 1 saturated carbocycles. The van der Waals surface area contributed by atoms with Gasteiger partial charge in [-0.05, 0) is 43.7 Å². The van der Waals surface area contributed by atoms with Gasteiger partial charge in [-0.15, -0.1) is 0 Å². The van der Waals surface area contributed by atoms with Crippen LogP contribution in [0, 0.1) is 18.7 Å². The summed E-state index contributed by atoms with van der Waals surface area (Å²) >= 11 is 0. The highest BCUT2D eigenvalue weighted by Crippen LogP contribution is 2.48. The van der Waals surface area contributed by atoms with Crippen molar-refractivity contribution in [1.82, 2.24) is 9.55 Å². The molecule has 1 fully saturated rings. The monoisotopic (exact) mass is 325 g/mol. The number of carbonyl (C=O) groups excluding carboxylic acids is 1. The molecule has 2 aromatic heterocycles. The first-order chi connectivity index (χ1) is 11.6. The van der Waals surface area contributed by atoms with Crippen molar-refractivity contribution >= 4 is 11.6 Å². The van der Waals surface area contributed by atoms with Crippen molar-refractivity contribution in [2.75, 3.05) is 5.32 Å². The van der Waals surface area contributed by atoms with E-state index in [0.29, 0.717) is 17.2 Å². The number of imidazole rings is 1. The lowest BCUT2D eigenvalue weighted by Crippen LogP contribution is -2.15. The molecular formula is C18H16FN3O2. The van der Waals surface area contributed by atoms with E-state index in [1.165, 1.54) is 6.07 Å². The third-order valence-electron chi connectivity index (χ3n) is 4.34. The molecule has 3 aromatic rings. The van der Waals surface area contributed by atoms with E-state index >= 15 is 0 Å². The van der Waals surface area contributed by atoms with Crippen molar-refractivity contribution in [2.45, 2.75) is 19.3 Å². The zero-order valence-electron chi connectivity index (χ0n) is 13.1. The third kappa shape index (κ3) is 2.60. The number of benzene rings is 1. The van der Waals surface area contributed by atoms with Gasteiger partial charge in [-0.1, -0.05) is 0 Å². The van der Waals surface area contributed by atoms with Crippen LogP contribution >= 0.6 is 0 Å². The zero-order valence-corrected chi connectivity index (χ0v) is 13.1. The normalized spacial score (nSPS) is 19.2. The van der Waals surface area contributed by atoms with Gasteiger partial charge in [0.1, 0.15) is 17.4 Å². The first-order valence-corrected chi connectivity index (χ1v) is 7.77. The van der Waals surface area contributed by atoms with E-state index in [1.807, 2.05) is 12.1 Å². The Balaban J connectivity index is 1.47. The van der Waals surface area contributed by atoms with E-state index in [9.17, 15) is 9.18 Å². The van der Waals surface area contributed by atoms with Crippen LogP contribution < -0.4 is 5.32 Å². The SMILES string of the molecule is Cc1nccn1-c1ccc(NC(=O)[C@@H]2C[C@H]2c2ccco2)cc1F. The largest absolute Gasteiger partial charge is 0.469 e. The van der Waals surface area contributed by atoms with Gasteiger partial charge in [0, 0.05) is 29.9 Å². The Morgan fingerprint density at radius 2 is 2.29 bits per heavy atom. The maximum absolute atomic E-state index is 14.3. The second kappa shape index (κ2) is 5.63. The van der Waals surface area contributed by atoms with Crippen molar-refractivity contribution in [3.63, 3.8) is 0 Å². The number of halogens is 1. The fourth-order valence-corrected chi connectivity index (χ4v) is 2.95. The van der Waals surface area contributed by atoms with Gasteiger partial charge < -0.3 is 14.3 Å². The lowest BCUT2D eigenvalue weighted by atomic mass is 10.2. The average molecular weight is 325 g/mol. The summed E-state index contributed by atoms with van der Waals surface area (Å²) in [7, 11) is 0. The molecule has 24 heavy (non-hydrogen) atoms. The van der Waals surface area contributed by atoms with Gasteiger partial charge in [0.25, 0.3) is 0 Å². The maximum Gasteiger partial charge on any atom is 0.228 e. The number of furan rings is 1. The second-order valence-corrected chi connectivity index (χ2v) is 5.96. The maximum atomic E-state index is 14.3. The van der Waals surface area contributed by atoms with Gasteiger partial charge in [-0.25, -0.2) is 9.37 Å². The summed E-state index contributed by atoms with van der Waals surface area (Å²) < 4.78 is 21.3. The molecule has 0 spiro atoms. The number of anilines is 1. The molecule has 0 unspecified atom stereocenters. The highest BCUT2D eigenvalue weighted by Gasteiger charge is 2.45. The molecule has 1 N–H and O–H groups in total. The van der Waals surface area contributed by atoms with Crippen LogP contribution in [0.5, 0.6) is 0 Å². The van der Waals surface area contributed by atoms with E-state index in [1.54, 1.807) is 42.3 Å². The minimum absolute atomic E-state index is 0.109. The Kier molecular flexibility index (Phi) is 3.45. The number of nitrogens with one attached hydrogen (secondary N) is 1. The van der Waals surface area contributed by atoms with E-state index in [-0.39, 0.29) is 17.7 Å². The molecule has 0 aliphatic heterocycles. The van der Waals surface area contributed by atoms with E-state index in [2.05, 4.69) is 10.3 Å². The number of aryl methyl sites for hydroxylation is 1. The minimum Gasteiger partial charge on any atom is -0.469 e. The van der Waals surface area contributed by atoms with Crippen LogP contribution in [0.15, 0.2) is 53.4 Å². The summed E-state index contributed by atoms with van der Waals surface area (Å²) in [6, 6.07) is 8.35. The molecule has 6 heteroatoms. The number of aromatic nitrogens is 2. The van der Waals surface area contributed by atoms with Crippen molar-refractivity contribution in [2.24, 2.45) is 5.92 Å². The zero-order chi connectivity index (χ0) is 16.7. The number of carbonyl (C=O) groups is 1. The Morgan fingerprint density at radius 3 is 2.96 bits per heavy atom. The number of nitrogens with zero attached hydrogens (tertiary/aromatic N) is 2. The molecule has 4 rings (SSSR count). The summed E-state index contributed by atoms with van der Waals surface area (Å²) in [5.74, 6) is 1.01. The van der Waals surface area contributed by atoms with Crippen LogP contribution in [0.1, 0.15) is 23.9 Å². The number of hydrogen-bond acceptors (Lipinski definition) is 3. The van der Waals surface area contributed by atoms with Gasteiger partial charge in [-0.2, -0.15) is 0 Å². The summed E-state index contributed by atoms with van der Waals surface area (Å²) in [6.45, 7) is 1.80. The van der Waals surface area contributed by atoms with E-state index < -0.39 is 5.82 Å². The van der Waals surface area contributed by atoms with Gasteiger partial charge in [0.2, 0.25) is 5.91 Å². The van der Waals surface area contributed by atoms with Crippen LogP contribution in [0.25, 0.3) is 5.69 Å². The van der Waals surface area contributed by atoms with Crippen molar-refractivity contribution in [3.8, 4) is 5.69 Å². The van der Waals surface area contributed by atoms with Crippen LogP contribution in [0.2, 0.25) is 0 Å². The smallest absolute Gasteiger partial charge is 0.228 e. The first kappa shape index (κ1) is 14.7. The molecule has 0 saturated heterocycles. The quantitative estimate of drug-likeness (QED) is 0.796. The number of rotatable bonds is 4. The Bertz CT molecular complexity index is 886. The van der Waals surface area contributed by atoms with Crippen LogP contribution in [-0.2, 0) is 4.79 Å². The van der Waals surface area contributed by atoms with Crippen molar-refractivity contribution in [1.29, 1.82) is 0 Å². The topological polar surface area (TPSA) is 60.1 Å². The first-order valence-electron chi connectivity index (χ1n) is 7.77. The Hall–Kier alpha value is -2.89. The predicted molar refractivity (Wildman–Crippen MR) is 86.4 cm³/mol. The molecule has 5 nitrogen and oxygen atoms in total. The molecule has 1 aromatic carbocycles. The lowest BCUT2D eigenvalue weighted by Gasteiger charge is -2.09. The predicted octanol–water partition coefficient (Wildman–Crippen LogP) is 3.66. The number of hydrogen-bond donors (Lipinski definition) is 1. The Morgan fingerprint density at radius 1 is 1.42 bits per heavy atom. The molecule has 2 atom stereocenters. The molecule has 0 radical (unpaired) electrons. The fourth-order valence-electron chi connectivity index (χ4n) is 2.95. The van der Waals surface area contributed by atoms with E-state index in [4.69, 9.17) is 4.42 Å². The minimum atomic E-state index is -0.410. The highest BCUT2D eigenvalue weighted by molar-refractivity contribution is 5.95. The van der Waals surface area contributed by atoms with Crippen LogP contribution in [0.4, 0.5) is 10.1 Å². The third-order valence-corrected chi connectivity index (χ3v) is 4.34. The van der Waals surface area contributed by atoms with Gasteiger partial charge in [-0.3, -0.25) is 4.79 Å². The van der Waals surface area contributed by atoms with Gasteiger partial charge >= 0.3 is 0 Å². The lowest BCUT2D eigenvalue weighted by molar-refractivity contribution is -0.117. The Labute approximate surface area is 138 Å². The highest BCUT2D eigenvalue weighted by atomic mass is 19.1. The molecule has 1 aliphatic carbocycles. The van der Waals surface area contributed by atoms with Crippen LogP contribution in [-0.4, -0.2) is 15.5 Å². The molecule has 122 valence electrons. The van der Waals surface area contributed by atoms with Crippen molar-refractivity contribution < 1.29 is 13.6 Å². The van der Waals surface area contributed by atoms with Gasteiger partial charge in [0.15, 0.2) is 0 Å². The standard InChI is InChI=1S/C18H16FN3O2/c1-11-20-6-7-22(11)16-5-4-12(9-15(16)19)21-18(23)14-10-13(14)17-3-2-8-24-17/h2-9,13-14H,10H2,1H3,(H,21,23)/t13-,14-/m1/s1. The fraction of sp³-hybridized carbons (Fsp3) is 0.222. The van der Waals surface area contributed by atoms with Crippen molar-refractivity contribution in [3.05, 3.63) is 66.4 Å². The molecule has 1 amide bonds. The second-order valence-electron chi connectivity index (χ2n) is 5.96.